The van der Waals surface area contributed by atoms with Crippen LogP contribution in [0.3, 0.4) is 0 Å². The van der Waals surface area contributed by atoms with Crippen molar-refractivity contribution in [3.05, 3.63) is 33.5 Å². The second kappa shape index (κ2) is 6.95. The molecule has 0 aliphatic carbocycles. The largest absolute Gasteiger partial charge is 0.355 e. The van der Waals surface area contributed by atoms with E-state index in [0.29, 0.717) is 35.5 Å². The van der Waals surface area contributed by atoms with Crippen LogP contribution in [0, 0.1) is 6.92 Å². The molecular weight excluding hydrogens is 448 g/mol. The van der Waals surface area contributed by atoms with E-state index in [1.54, 1.807) is 6.92 Å². The molecule has 146 valence electrons. The first-order chi connectivity index (χ1) is 13.5. The summed E-state index contributed by atoms with van der Waals surface area (Å²) in [5.41, 5.74) is 1.48. The van der Waals surface area contributed by atoms with Crippen molar-refractivity contribution in [2.75, 3.05) is 31.2 Å². The number of halogens is 2. The van der Waals surface area contributed by atoms with Gasteiger partial charge in [-0.15, -0.1) is 0 Å². The number of ether oxygens (including phenoxy) is 2. The maximum absolute atomic E-state index is 6.84. The lowest BCUT2D eigenvalue weighted by Crippen LogP contribution is -2.45. The van der Waals surface area contributed by atoms with E-state index >= 15 is 0 Å². The Kier molecular flexibility index (Phi) is 4.54. The van der Waals surface area contributed by atoms with Gasteiger partial charge in [-0.1, -0.05) is 32.7 Å². The first-order valence-corrected chi connectivity index (χ1v) is 10.3. The highest BCUT2D eigenvalue weighted by molar-refractivity contribution is 9.10. The van der Waals surface area contributed by atoms with E-state index in [0.717, 1.165) is 47.1 Å². The second-order valence-corrected chi connectivity index (χ2v) is 8.32. The van der Waals surface area contributed by atoms with Crippen molar-refractivity contribution in [1.29, 1.82) is 0 Å². The number of hydrogen-bond acceptors (Lipinski definition) is 7. The minimum Gasteiger partial charge on any atom is -0.355 e. The van der Waals surface area contributed by atoms with Gasteiger partial charge in [0.2, 0.25) is 0 Å². The molecule has 0 radical (unpaired) electrons. The molecule has 0 atom stereocenters. The van der Waals surface area contributed by atoms with Gasteiger partial charge in [0.15, 0.2) is 11.6 Å². The number of benzene rings is 1. The SMILES string of the molecule is Cc1noc(-c2c(N3CCC4(CC3)OCCO4)nc3ccc(Br)cc3c2Cl)n1. The minimum atomic E-state index is -0.455. The predicted octanol–water partition coefficient (Wildman–Crippen LogP) is 4.35. The van der Waals surface area contributed by atoms with Gasteiger partial charge in [0.25, 0.3) is 5.89 Å². The van der Waals surface area contributed by atoms with E-state index < -0.39 is 5.79 Å². The summed E-state index contributed by atoms with van der Waals surface area (Å²) in [6, 6.07) is 5.86. The van der Waals surface area contributed by atoms with Crippen LogP contribution >= 0.6 is 27.5 Å². The lowest BCUT2D eigenvalue weighted by Gasteiger charge is -2.38. The lowest BCUT2D eigenvalue weighted by molar-refractivity contribution is -0.169. The quantitative estimate of drug-likeness (QED) is 0.557. The Morgan fingerprint density at radius 1 is 1.14 bits per heavy atom. The van der Waals surface area contributed by atoms with Gasteiger partial charge in [-0.3, -0.25) is 0 Å². The van der Waals surface area contributed by atoms with Gasteiger partial charge in [0.05, 0.1) is 23.8 Å². The predicted molar refractivity (Wildman–Crippen MR) is 109 cm³/mol. The Hall–Kier alpha value is -1.74. The average molecular weight is 466 g/mol. The van der Waals surface area contributed by atoms with Crippen LogP contribution in [0.1, 0.15) is 18.7 Å². The zero-order valence-corrected chi connectivity index (χ0v) is 17.6. The van der Waals surface area contributed by atoms with Crippen LogP contribution in [0.15, 0.2) is 27.2 Å². The van der Waals surface area contributed by atoms with Crippen molar-refractivity contribution in [2.45, 2.75) is 25.6 Å². The molecule has 0 N–H and O–H groups in total. The van der Waals surface area contributed by atoms with Gasteiger partial charge in [-0.25, -0.2) is 4.98 Å². The summed E-state index contributed by atoms with van der Waals surface area (Å²) in [5, 5.41) is 5.32. The fourth-order valence-electron chi connectivity index (χ4n) is 3.85. The first-order valence-electron chi connectivity index (χ1n) is 9.17. The van der Waals surface area contributed by atoms with E-state index in [4.69, 9.17) is 30.6 Å². The van der Waals surface area contributed by atoms with Gasteiger partial charge in [-0.05, 0) is 25.1 Å². The summed E-state index contributed by atoms with van der Waals surface area (Å²) >= 11 is 10.3. The molecular formula is C19H18BrClN4O3. The smallest absolute Gasteiger partial charge is 0.263 e. The Morgan fingerprint density at radius 2 is 1.89 bits per heavy atom. The fraction of sp³-hybridized carbons (Fsp3) is 0.421. The monoisotopic (exact) mass is 464 g/mol. The number of pyridine rings is 1. The molecule has 2 fully saturated rings. The second-order valence-electron chi connectivity index (χ2n) is 7.03. The molecule has 4 heterocycles. The third-order valence-electron chi connectivity index (χ3n) is 5.24. The molecule has 2 aromatic heterocycles. The van der Waals surface area contributed by atoms with Crippen molar-refractivity contribution in [2.24, 2.45) is 0 Å². The molecule has 7 nitrogen and oxygen atoms in total. The van der Waals surface area contributed by atoms with Crippen molar-refractivity contribution in [3.8, 4) is 11.5 Å². The summed E-state index contributed by atoms with van der Waals surface area (Å²) in [4.78, 5) is 11.5. The number of aromatic nitrogens is 3. The molecule has 2 aliphatic rings. The van der Waals surface area contributed by atoms with E-state index in [9.17, 15) is 0 Å². The molecule has 28 heavy (non-hydrogen) atoms. The molecule has 1 aromatic carbocycles. The molecule has 3 aromatic rings. The third kappa shape index (κ3) is 3.08. The number of fused-ring (bicyclic) bond motifs is 1. The van der Waals surface area contributed by atoms with Gasteiger partial charge >= 0.3 is 0 Å². The molecule has 0 amide bonds. The normalized spacial score (nSPS) is 19.0. The summed E-state index contributed by atoms with van der Waals surface area (Å²) in [6.45, 7) is 4.57. The first kappa shape index (κ1) is 18.3. The molecule has 0 unspecified atom stereocenters. The highest BCUT2D eigenvalue weighted by Gasteiger charge is 2.41. The van der Waals surface area contributed by atoms with E-state index in [1.165, 1.54) is 0 Å². The Bertz CT molecular complexity index is 1040. The summed E-state index contributed by atoms with van der Waals surface area (Å²) in [7, 11) is 0. The number of nitrogens with zero attached hydrogens (tertiary/aromatic N) is 4. The Morgan fingerprint density at radius 3 is 2.57 bits per heavy atom. The lowest BCUT2D eigenvalue weighted by atomic mass is 10.0. The molecule has 2 aliphatic heterocycles. The topological polar surface area (TPSA) is 73.5 Å². The van der Waals surface area contributed by atoms with Gasteiger partial charge in [0, 0.05) is 35.8 Å². The van der Waals surface area contributed by atoms with Gasteiger partial charge in [0.1, 0.15) is 11.4 Å². The zero-order valence-electron chi connectivity index (χ0n) is 15.2. The van der Waals surface area contributed by atoms with E-state index in [-0.39, 0.29) is 0 Å². The van der Waals surface area contributed by atoms with Crippen molar-refractivity contribution in [1.82, 2.24) is 15.1 Å². The average Bonchev–Trinajstić information content (AvgIpc) is 3.32. The molecule has 2 saturated heterocycles. The van der Waals surface area contributed by atoms with Crippen LogP contribution in [0.4, 0.5) is 5.82 Å². The maximum atomic E-state index is 6.84. The van der Waals surface area contributed by atoms with Crippen LogP contribution in [-0.4, -0.2) is 47.2 Å². The van der Waals surface area contributed by atoms with Crippen LogP contribution in [0.5, 0.6) is 0 Å². The van der Waals surface area contributed by atoms with Crippen LogP contribution in [0.2, 0.25) is 5.02 Å². The summed E-state index contributed by atoms with van der Waals surface area (Å²) < 4.78 is 18.1. The molecule has 1 spiro atoms. The van der Waals surface area contributed by atoms with Gasteiger partial charge in [-0.2, -0.15) is 4.98 Å². The Labute approximate surface area is 175 Å². The van der Waals surface area contributed by atoms with Crippen molar-refractivity contribution in [3.63, 3.8) is 0 Å². The number of piperidine rings is 1. The van der Waals surface area contributed by atoms with E-state index in [2.05, 4.69) is 31.0 Å². The molecule has 9 heteroatoms. The third-order valence-corrected chi connectivity index (χ3v) is 6.13. The fourth-order valence-corrected chi connectivity index (χ4v) is 4.52. The summed E-state index contributed by atoms with van der Waals surface area (Å²) in [5.74, 6) is 1.22. The Balaban J connectivity index is 1.62. The minimum absolute atomic E-state index is 0.375. The van der Waals surface area contributed by atoms with Crippen LogP contribution in [0.25, 0.3) is 22.4 Å². The highest BCUT2D eigenvalue weighted by atomic mass is 79.9. The maximum Gasteiger partial charge on any atom is 0.263 e. The standard InChI is InChI=1S/C19H18BrClN4O3/c1-11-22-18(28-24-11)15-16(21)13-10-12(20)2-3-14(13)23-17(15)25-6-4-19(5-7-25)26-8-9-27-19/h2-3,10H,4-9H2,1H3. The number of aryl methyl sites for hydroxylation is 1. The molecule has 0 saturated carbocycles. The number of hydrogen-bond donors (Lipinski definition) is 0. The van der Waals surface area contributed by atoms with Gasteiger partial charge < -0.3 is 18.9 Å². The molecule has 0 bridgehead atoms. The highest BCUT2D eigenvalue weighted by Crippen LogP contribution is 2.42. The number of rotatable bonds is 2. The number of anilines is 1. The van der Waals surface area contributed by atoms with E-state index in [1.807, 2.05) is 18.2 Å². The zero-order chi connectivity index (χ0) is 19.3. The summed E-state index contributed by atoms with van der Waals surface area (Å²) in [6.07, 6.45) is 1.54. The van der Waals surface area contributed by atoms with Crippen LogP contribution in [-0.2, 0) is 9.47 Å². The van der Waals surface area contributed by atoms with Crippen molar-refractivity contribution < 1.29 is 14.0 Å². The van der Waals surface area contributed by atoms with Crippen LogP contribution < -0.4 is 4.90 Å². The van der Waals surface area contributed by atoms with Crippen molar-refractivity contribution >= 4 is 44.3 Å². The molecule has 5 rings (SSSR count).